The molecule has 0 heterocycles. The van der Waals surface area contributed by atoms with Crippen LogP contribution < -0.4 is 5.73 Å². The minimum absolute atomic E-state index is 0.128. The molecule has 0 spiro atoms. The van der Waals surface area contributed by atoms with Gasteiger partial charge in [-0.05, 0) is 18.8 Å². The summed E-state index contributed by atoms with van der Waals surface area (Å²) >= 11 is 0. The lowest BCUT2D eigenvalue weighted by atomic mass is 9.73. The Morgan fingerprint density at radius 2 is 1.14 bits per heavy atom. The van der Waals surface area contributed by atoms with Crippen molar-refractivity contribution in [3.63, 3.8) is 0 Å². The van der Waals surface area contributed by atoms with E-state index in [0.717, 1.165) is 12.8 Å². The van der Waals surface area contributed by atoms with Crippen LogP contribution in [-0.4, -0.2) is 5.91 Å². The Hall–Kier alpha value is -0.530. The number of carbonyl (C=O) groups is 1. The molecule has 1 atom stereocenters. The summed E-state index contributed by atoms with van der Waals surface area (Å²) in [6.07, 6.45) is 16.7. The largest absolute Gasteiger partial charge is 0.369 e. The zero-order valence-corrected chi connectivity index (χ0v) is 15.8. The molecule has 0 aliphatic rings. The highest BCUT2D eigenvalue weighted by Crippen LogP contribution is 2.35. The lowest BCUT2D eigenvalue weighted by Gasteiger charge is -2.32. The number of hydrogen-bond donors (Lipinski definition) is 1. The summed E-state index contributed by atoms with van der Waals surface area (Å²) in [6.45, 7) is 8.59. The Morgan fingerprint density at radius 3 is 1.50 bits per heavy atom. The second-order valence-corrected chi connectivity index (χ2v) is 7.54. The molecular weight excluding hydrogens is 270 g/mol. The SMILES string of the molecule is CCCCCCCCC(CCCCCCC)C(C)(C)C(N)=O. The molecule has 132 valence electrons. The van der Waals surface area contributed by atoms with Crippen molar-refractivity contribution in [2.24, 2.45) is 17.1 Å². The Balaban J connectivity index is 4.15. The summed E-state index contributed by atoms with van der Waals surface area (Å²) in [4.78, 5) is 11.8. The van der Waals surface area contributed by atoms with Gasteiger partial charge >= 0.3 is 0 Å². The van der Waals surface area contributed by atoms with Crippen LogP contribution in [0.2, 0.25) is 0 Å². The standard InChI is InChI=1S/C20H41NO/c1-5-7-9-11-13-15-17-18(20(3,4)19(21)22)16-14-12-10-8-6-2/h18H,5-17H2,1-4H3,(H2,21,22). The van der Waals surface area contributed by atoms with E-state index in [0.29, 0.717) is 5.92 Å². The number of unbranched alkanes of at least 4 members (excludes halogenated alkanes) is 9. The zero-order chi connectivity index (χ0) is 16.8. The fourth-order valence-corrected chi connectivity index (χ4v) is 3.23. The third-order valence-corrected chi connectivity index (χ3v) is 5.22. The normalized spacial score (nSPS) is 13.3. The molecule has 0 fully saturated rings. The number of carbonyl (C=O) groups excluding carboxylic acids is 1. The molecule has 0 aliphatic heterocycles. The Kier molecular flexibility index (Phi) is 12.6. The second-order valence-electron chi connectivity index (χ2n) is 7.54. The van der Waals surface area contributed by atoms with Gasteiger partial charge in [0, 0.05) is 5.41 Å². The Labute approximate surface area is 139 Å². The molecule has 2 N–H and O–H groups in total. The molecule has 0 radical (unpaired) electrons. The average molecular weight is 312 g/mol. The molecule has 0 aromatic rings. The summed E-state index contributed by atoms with van der Waals surface area (Å²) in [6, 6.07) is 0. The zero-order valence-electron chi connectivity index (χ0n) is 15.8. The first-order valence-corrected chi connectivity index (χ1v) is 9.76. The summed E-state index contributed by atoms with van der Waals surface area (Å²) in [5.41, 5.74) is 5.30. The molecule has 1 amide bonds. The van der Waals surface area contributed by atoms with E-state index in [1.54, 1.807) is 0 Å². The molecular formula is C20H41NO. The molecule has 0 aromatic carbocycles. The average Bonchev–Trinajstić information content (AvgIpc) is 2.48. The maximum atomic E-state index is 11.8. The summed E-state index contributed by atoms with van der Waals surface area (Å²) < 4.78 is 0. The van der Waals surface area contributed by atoms with Crippen LogP contribution in [0.25, 0.3) is 0 Å². The smallest absolute Gasteiger partial charge is 0.223 e. The Morgan fingerprint density at radius 1 is 0.773 bits per heavy atom. The first kappa shape index (κ1) is 21.5. The van der Waals surface area contributed by atoms with Crippen molar-refractivity contribution < 1.29 is 4.79 Å². The predicted octanol–water partition coefficient (Wildman–Crippen LogP) is 6.23. The molecule has 2 nitrogen and oxygen atoms in total. The van der Waals surface area contributed by atoms with Crippen molar-refractivity contribution in [1.82, 2.24) is 0 Å². The van der Waals surface area contributed by atoms with Crippen LogP contribution in [0.4, 0.5) is 0 Å². The predicted molar refractivity (Wildman–Crippen MR) is 97.8 cm³/mol. The van der Waals surface area contributed by atoms with Crippen LogP contribution in [0.15, 0.2) is 0 Å². The molecule has 0 saturated carbocycles. The fourth-order valence-electron chi connectivity index (χ4n) is 3.23. The van der Waals surface area contributed by atoms with Crippen LogP contribution >= 0.6 is 0 Å². The van der Waals surface area contributed by atoms with Crippen LogP contribution in [0.1, 0.15) is 111 Å². The van der Waals surface area contributed by atoms with Crippen molar-refractivity contribution in [1.29, 1.82) is 0 Å². The van der Waals surface area contributed by atoms with Crippen molar-refractivity contribution in [2.45, 2.75) is 111 Å². The van der Waals surface area contributed by atoms with E-state index in [-0.39, 0.29) is 11.3 Å². The quantitative estimate of drug-likeness (QED) is 0.358. The molecule has 0 rings (SSSR count). The van der Waals surface area contributed by atoms with Gasteiger partial charge in [0.15, 0.2) is 0 Å². The van der Waals surface area contributed by atoms with E-state index in [9.17, 15) is 4.79 Å². The third-order valence-electron chi connectivity index (χ3n) is 5.22. The molecule has 1 unspecified atom stereocenters. The van der Waals surface area contributed by atoms with Crippen LogP contribution in [0.5, 0.6) is 0 Å². The van der Waals surface area contributed by atoms with E-state index in [1.165, 1.54) is 70.6 Å². The molecule has 22 heavy (non-hydrogen) atoms. The van der Waals surface area contributed by atoms with Crippen LogP contribution in [0.3, 0.4) is 0 Å². The number of primary amides is 1. The van der Waals surface area contributed by atoms with E-state index >= 15 is 0 Å². The minimum atomic E-state index is -0.353. The van der Waals surface area contributed by atoms with Crippen molar-refractivity contribution in [3.05, 3.63) is 0 Å². The second kappa shape index (κ2) is 13.0. The van der Waals surface area contributed by atoms with E-state index < -0.39 is 0 Å². The minimum Gasteiger partial charge on any atom is -0.369 e. The number of rotatable bonds is 15. The van der Waals surface area contributed by atoms with Gasteiger partial charge in [-0.1, -0.05) is 98.3 Å². The lowest BCUT2D eigenvalue weighted by molar-refractivity contribution is -0.129. The Bertz CT molecular complexity index is 273. The molecule has 0 bridgehead atoms. The van der Waals surface area contributed by atoms with Gasteiger partial charge in [-0.25, -0.2) is 0 Å². The molecule has 0 aromatic heterocycles. The van der Waals surface area contributed by atoms with Gasteiger partial charge in [0.05, 0.1) is 0 Å². The lowest BCUT2D eigenvalue weighted by Crippen LogP contribution is -2.38. The topological polar surface area (TPSA) is 43.1 Å². The number of nitrogens with two attached hydrogens (primary N) is 1. The first-order chi connectivity index (χ1) is 10.5. The third kappa shape index (κ3) is 9.48. The van der Waals surface area contributed by atoms with Crippen LogP contribution in [0, 0.1) is 11.3 Å². The monoisotopic (exact) mass is 311 g/mol. The highest BCUT2D eigenvalue weighted by atomic mass is 16.1. The van der Waals surface area contributed by atoms with Crippen molar-refractivity contribution in [2.75, 3.05) is 0 Å². The van der Waals surface area contributed by atoms with Gasteiger partial charge in [-0.3, -0.25) is 4.79 Å². The van der Waals surface area contributed by atoms with Gasteiger partial charge in [-0.15, -0.1) is 0 Å². The van der Waals surface area contributed by atoms with Gasteiger partial charge in [0.1, 0.15) is 0 Å². The van der Waals surface area contributed by atoms with Gasteiger partial charge in [0.2, 0.25) is 5.91 Å². The summed E-state index contributed by atoms with van der Waals surface area (Å²) in [5.74, 6) is 0.329. The maximum Gasteiger partial charge on any atom is 0.223 e. The van der Waals surface area contributed by atoms with Gasteiger partial charge in [0.25, 0.3) is 0 Å². The fraction of sp³-hybridized carbons (Fsp3) is 0.950. The molecule has 0 aliphatic carbocycles. The maximum absolute atomic E-state index is 11.8. The summed E-state index contributed by atoms with van der Waals surface area (Å²) in [5, 5.41) is 0. The highest BCUT2D eigenvalue weighted by Gasteiger charge is 2.33. The van der Waals surface area contributed by atoms with Gasteiger partial charge in [-0.2, -0.15) is 0 Å². The molecule has 0 saturated heterocycles. The van der Waals surface area contributed by atoms with Crippen LogP contribution in [-0.2, 0) is 4.79 Å². The van der Waals surface area contributed by atoms with Gasteiger partial charge < -0.3 is 5.73 Å². The van der Waals surface area contributed by atoms with E-state index in [2.05, 4.69) is 13.8 Å². The summed E-state index contributed by atoms with van der Waals surface area (Å²) in [7, 11) is 0. The number of amides is 1. The first-order valence-electron chi connectivity index (χ1n) is 9.76. The number of hydrogen-bond acceptors (Lipinski definition) is 1. The molecule has 2 heteroatoms. The van der Waals surface area contributed by atoms with Crippen molar-refractivity contribution >= 4 is 5.91 Å². The van der Waals surface area contributed by atoms with E-state index in [1.807, 2.05) is 13.8 Å². The highest BCUT2D eigenvalue weighted by molar-refractivity contribution is 5.80. The van der Waals surface area contributed by atoms with Crippen molar-refractivity contribution in [3.8, 4) is 0 Å². The van der Waals surface area contributed by atoms with E-state index in [4.69, 9.17) is 5.73 Å².